The molecule has 3 nitrogen and oxygen atoms in total. The van der Waals surface area contributed by atoms with Gasteiger partial charge in [0.1, 0.15) is 0 Å². The molecule has 1 rings (SSSR count). The molecule has 0 radical (unpaired) electrons. The van der Waals surface area contributed by atoms with E-state index in [2.05, 4.69) is 32.5 Å². The first-order chi connectivity index (χ1) is 7.47. The summed E-state index contributed by atoms with van der Waals surface area (Å²) in [7, 11) is -3.51. The lowest BCUT2D eigenvalue weighted by molar-refractivity contribution is 0.586. The second-order valence-corrected chi connectivity index (χ2v) is 5.86. The fraction of sp³-hybridized carbons (Fsp3) is 0.200. The summed E-state index contributed by atoms with van der Waals surface area (Å²) in [5.41, 5.74) is 0. The van der Waals surface area contributed by atoms with Crippen molar-refractivity contribution in [2.45, 2.75) is 11.8 Å². The van der Waals surface area contributed by atoms with Gasteiger partial charge in [0.2, 0.25) is 10.0 Å². The van der Waals surface area contributed by atoms with Crippen LogP contribution in [0, 0.1) is 11.8 Å². The summed E-state index contributed by atoms with van der Waals surface area (Å²) in [5, 5.41) is 0.465. The van der Waals surface area contributed by atoms with Crippen molar-refractivity contribution >= 4 is 37.6 Å². The third-order valence-electron chi connectivity index (χ3n) is 1.73. The Balaban J connectivity index is 2.97. The molecule has 16 heavy (non-hydrogen) atoms. The lowest BCUT2D eigenvalue weighted by Gasteiger charge is -2.05. The van der Waals surface area contributed by atoms with Gasteiger partial charge in [-0.1, -0.05) is 17.5 Å². The Morgan fingerprint density at radius 3 is 2.75 bits per heavy atom. The van der Waals surface area contributed by atoms with Crippen LogP contribution in [0.15, 0.2) is 27.6 Å². The molecule has 1 aromatic rings. The quantitative estimate of drug-likeness (QED) is 0.869. The molecule has 0 heterocycles. The van der Waals surface area contributed by atoms with Gasteiger partial charge in [0.15, 0.2) is 0 Å². The lowest BCUT2D eigenvalue weighted by atomic mass is 10.4. The maximum atomic E-state index is 11.7. The topological polar surface area (TPSA) is 46.2 Å². The van der Waals surface area contributed by atoms with Crippen molar-refractivity contribution in [2.24, 2.45) is 0 Å². The Hall–Kier alpha value is -0.540. The molecule has 6 heteroatoms. The van der Waals surface area contributed by atoms with E-state index in [1.165, 1.54) is 18.2 Å². The highest BCUT2D eigenvalue weighted by molar-refractivity contribution is 9.10. The summed E-state index contributed by atoms with van der Waals surface area (Å²) in [4.78, 5) is 0.154. The van der Waals surface area contributed by atoms with Crippen LogP contribution in [0.5, 0.6) is 0 Å². The third kappa shape index (κ3) is 3.49. The second-order valence-electron chi connectivity index (χ2n) is 2.83. The maximum Gasteiger partial charge on any atom is 0.241 e. The number of hydrogen-bond donors (Lipinski definition) is 1. The van der Waals surface area contributed by atoms with Crippen LogP contribution in [0.3, 0.4) is 0 Å². The van der Waals surface area contributed by atoms with Crippen molar-refractivity contribution in [3.05, 3.63) is 27.7 Å². The van der Waals surface area contributed by atoms with E-state index >= 15 is 0 Å². The molecule has 0 saturated heterocycles. The van der Waals surface area contributed by atoms with E-state index in [0.717, 1.165) is 0 Å². The summed E-state index contributed by atoms with van der Waals surface area (Å²) in [6, 6.07) is 4.41. The Morgan fingerprint density at radius 1 is 1.50 bits per heavy atom. The second kappa shape index (κ2) is 5.69. The van der Waals surface area contributed by atoms with E-state index in [-0.39, 0.29) is 11.4 Å². The van der Waals surface area contributed by atoms with Crippen LogP contribution in [0.1, 0.15) is 6.92 Å². The van der Waals surface area contributed by atoms with Gasteiger partial charge in [0, 0.05) is 4.47 Å². The molecule has 0 aliphatic carbocycles. The third-order valence-corrected chi connectivity index (χ3v) is 4.34. The zero-order chi connectivity index (χ0) is 12.2. The highest BCUT2D eigenvalue weighted by Gasteiger charge is 2.13. The Kier molecular flexibility index (Phi) is 4.81. The zero-order valence-electron chi connectivity index (χ0n) is 8.42. The van der Waals surface area contributed by atoms with Gasteiger partial charge in [-0.05, 0) is 41.1 Å². The smallest absolute Gasteiger partial charge is 0.207 e. The van der Waals surface area contributed by atoms with Crippen LogP contribution in [-0.2, 0) is 10.0 Å². The van der Waals surface area contributed by atoms with Crippen molar-refractivity contribution in [1.29, 1.82) is 0 Å². The number of sulfonamides is 1. The number of benzene rings is 1. The molecule has 0 aliphatic rings. The molecule has 0 aliphatic heterocycles. The molecule has 1 aromatic carbocycles. The molecule has 0 aromatic heterocycles. The van der Waals surface area contributed by atoms with Gasteiger partial charge in [-0.15, -0.1) is 5.92 Å². The highest BCUT2D eigenvalue weighted by Crippen LogP contribution is 2.25. The summed E-state index contributed by atoms with van der Waals surface area (Å²) < 4.78 is 26.4. The molecule has 0 saturated carbocycles. The standard InChI is InChI=1S/C10H9BrClNO2S/c1-2-3-6-13-16(14,15)8-4-5-10(12)9(11)7-8/h4-5,7,13H,6H2,1H3. The highest BCUT2D eigenvalue weighted by atomic mass is 79.9. The van der Waals surface area contributed by atoms with Gasteiger partial charge in [0.25, 0.3) is 0 Å². The van der Waals surface area contributed by atoms with Crippen molar-refractivity contribution in [3.8, 4) is 11.8 Å². The largest absolute Gasteiger partial charge is 0.241 e. The van der Waals surface area contributed by atoms with Gasteiger partial charge in [-0.3, -0.25) is 0 Å². The van der Waals surface area contributed by atoms with E-state index < -0.39 is 10.0 Å². The van der Waals surface area contributed by atoms with Crippen molar-refractivity contribution < 1.29 is 8.42 Å². The number of nitrogens with one attached hydrogen (secondary N) is 1. The summed E-state index contributed by atoms with van der Waals surface area (Å²) in [5.74, 6) is 5.23. The number of rotatable bonds is 3. The van der Waals surface area contributed by atoms with Crippen LogP contribution in [0.25, 0.3) is 0 Å². The first kappa shape index (κ1) is 13.5. The average Bonchev–Trinajstić information content (AvgIpc) is 2.22. The van der Waals surface area contributed by atoms with Crippen molar-refractivity contribution in [3.63, 3.8) is 0 Å². The van der Waals surface area contributed by atoms with Gasteiger partial charge in [-0.25, -0.2) is 8.42 Å². The van der Waals surface area contributed by atoms with Crippen LogP contribution < -0.4 is 4.72 Å². The molecule has 0 bridgehead atoms. The van der Waals surface area contributed by atoms with E-state index in [4.69, 9.17) is 11.6 Å². The fourth-order valence-corrected chi connectivity index (χ4v) is 2.54. The predicted molar refractivity (Wildman–Crippen MR) is 67.8 cm³/mol. The van der Waals surface area contributed by atoms with Gasteiger partial charge >= 0.3 is 0 Å². The van der Waals surface area contributed by atoms with E-state index in [1.807, 2.05) is 0 Å². The first-order valence-corrected chi connectivity index (χ1v) is 6.97. The van der Waals surface area contributed by atoms with Crippen molar-refractivity contribution in [2.75, 3.05) is 6.54 Å². The Morgan fingerprint density at radius 2 is 2.19 bits per heavy atom. The number of hydrogen-bond acceptors (Lipinski definition) is 2. The van der Waals surface area contributed by atoms with Gasteiger partial charge < -0.3 is 0 Å². The molecule has 0 amide bonds. The van der Waals surface area contributed by atoms with Crippen molar-refractivity contribution in [1.82, 2.24) is 4.72 Å². The normalized spacial score (nSPS) is 10.7. The molecule has 0 unspecified atom stereocenters. The van der Waals surface area contributed by atoms with Crippen LogP contribution in [0.4, 0.5) is 0 Å². The molecular formula is C10H9BrClNO2S. The molecule has 1 N–H and O–H groups in total. The average molecular weight is 323 g/mol. The summed E-state index contributed by atoms with van der Waals surface area (Å²) in [6.45, 7) is 1.74. The number of halogens is 2. The zero-order valence-corrected chi connectivity index (χ0v) is 11.6. The SMILES string of the molecule is CC#CCNS(=O)(=O)c1ccc(Cl)c(Br)c1. The van der Waals surface area contributed by atoms with E-state index in [1.54, 1.807) is 6.92 Å². The molecular weight excluding hydrogens is 314 g/mol. The Labute approximate surface area is 108 Å². The van der Waals surface area contributed by atoms with Gasteiger partial charge in [-0.2, -0.15) is 4.72 Å². The minimum atomic E-state index is -3.51. The first-order valence-electron chi connectivity index (χ1n) is 4.31. The van der Waals surface area contributed by atoms with Crippen LogP contribution in [-0.4, -0.2) is 15.0 Å². The minimum Gasteiger partial charge on any atom is -0.207 e. The monoisotopic (exact) mass is 321 g/mol. The van der Waals surface area contributed by atoms with E-state index in [9.17, 15) is 8.42 Å². The van der Waals surface area contributed by atoms with Gasteiger partial charge in [0.05, 0.1) is 16.5 Å². The predicted octanol–water partition coefficient (Wildman–Crippen LogP) is 2.40. The molecule has 0 fully saturated rings. The molecule has 86 valence electrons. The Bertz CT molecular complexity index is 546. The molecule has 0 atom stereocenters. The minimum absolute atomic E-state index is 0.0963. The summed E-state index contributed by atoms with van der Waals surface area (Å²) >= 11 is 8.94. The fourth-order valence-electron chi connectivity index (χ4n) is 0.947. The maximum absolute atomic E-state index is 11.7. The van der Waals surface area contributed by atoms with Crippen LogP contribution >= 0.6 is 27.5 Å². The summed E-state index contributed by atoms with van der Waals surface area (Å²) in [6.07, 6.45) is 0. The lowest BCUT2D eigenvalue weighted by Crippen LogP contribution is -2.23. The van der Waals surface area contributed by atoms with E-state index in [0.29, 0.717) is 9.50 Å². The van der Waals surface area contributed by atoms with Crippen LogP contribution in [0.2, 0.25) is 5.02 Å². The molecule has 0 spiro atoms.